The fourth-order valence-electron chi connectivity index (χ4n) is 2.11. The van der Waals surface area contributed by atoms with Crippen molar-refractivity contribution in [3.63, 3.8) is 0 Å². The van der Waals surface area contributed by atoms with Gasteiger partial charge in [-0.1, -0.05) is 0 Å². The molecule has 1 aromatic rings. The lowest BCUT2D eigenvalue weighted by atomic mass is 9.96. The Bertz CT molecular complexity index is 290. The molecule has 1 unspecified atom stereocenters. The summed E-state index contributed by atoms with van der Waals surface area (Å²) in [5.41, 5.74) is 6.86. The summed E-state index contributed by atoms with van der Waals surface area (Å²) in [6.07, 6.45) is 5.50. The van der Waals surface area contributed by atoms with E-state index in [1.54, 1.807) is 0 Å². The standard InChI is InChI=1S/C10H17N3/c1-8-6-12-10-3-2-9(4-5-11)7-13(8)10/h6,9H,2-5,7,11H2,1H3. The number of fused-ring (bicyclic) bond motifs is 1. The molecule has 13 heavy (non-hydrogen) atoms. The van der Waals surface area contributed by atoms with Crippen molar-refractivity contribution < 1.29 is 0 Å². The first kappa shape index (κ1) is 8.75. The van der Waals surface area contributed by atoms with Crippen LogP contribution in [0.25, 0.3) is 0 Å². The van der Waals surface area contributed by atoms with Gasteiger partial charge in [-0.3, -0.25) is 0 Å². The lowest BCUT2D eigenvalue weighted by Crippen LogP contribution is -2.23. The van der Waals surface area contributed by atoms with Crippen molar-refractivity contribution in [2.24, 2.45) is 11.7 Å². The highest BCUT2D eigenvalue weighted by Crippen LogP contribution is 2.22. The van der Waals surface area contributed by atoms with Gasteiger partial charge in [0.15, 0.2) is 0 Å². The third-order valence-corrected chi connectivity index (χ3v) is 2.93. The van der Waals surface area contributed by atoms with E-state index in [4.69, 9.17) is 5.73 Å². The number of rotatable bonds is 2. The third kappa shape index (κ3) is 1.61. The number of imidazole rings is 1. The topological polar surface area (TPSA) is 43.8 Å². The van der Waals surface area contributed by atoms with E-state index < -0.39 is 0 Å². The molecule has 1 aromatic heterocycles. The molecule has 3 nitrogen and oxygen atoms in total. The lowest BCUT2D eigenvalue weighted by molar-refractivity contribution is 0.345. The summed E-state index contributed by atoms with van der Waals surface area (Å²) in [6, 6.07) is 0. The number of nitrogens with two attached hydrogens (primary N) is 1. The van der Waals surface area contributed by atoms with Gasteiger partial charge in [0.2, 0.25) is 0 Å². The van der Waals surface area contributed by atoms with Crippen LogP contribution in [-0.2, 0) is 13.0 Å². The normalized spacial score (nSPS) is 21.5. The fourth-order valence-corrected chi connectivity index (χ4v) is 2.11. The number of aryl methyl sites for hydroxylation is 2. The third-order valence-electron chi connectivity index (χ3n) is 2.93. The Morgan fingerprint density at radius 2 is 2.54 bits per heavy atom. The predicted octanol–water partition coefficient (Wildman–Crippen LogP) is 1.10. The average molecular weight is 179 g/mol. The molecular weight excluding hydrogens is 162 g/mol. The molecular formula is C10H17N3. The van der Waals surface area contributed by atoms with Crippen molar-refractivity contribution >= 4 is 0 Å². The van der Waals surface area contributed by atoms with Gasteiger partial charge in [0.1, 0.15) is 5.82 Å². The van der Waals surface area contributed by atoms with Crippen LogP contribution in [0.3, 0.4) is 0 Å². The van der Waals surface area contributed by atoms with Gasteiger partial charge in [-0.2, -0.15) is 0 Å². The molecule has 0 radical (unpaired) electrons. The molecule has 0 saturated carbocycles. The maximum Gasteiger partial charge on any atom is 0.108 e. The maximum absolute atomic E-state index is 5.57. The summed E-state index contributed by atoms with van der Waals surface area (Å²) in [7, 11) is 0. The van der Waals surface area contributed by atoms with Crippen LogP contribution in [0.15, 0.2) is 6.20 Å². The fraction of sp³-hybridized carbons (Fsp3) is 0.700. The first-order chi connectivity index (χ1) is 6.31. The van der Waals surface area contributed by atoms with Gasteiger partial charge < -0.3 is 10.3 Å². The lowest BCUT2D eigenvalue weighted by Gasteiger charge is -2.24. The van der Waals surface area contributed by atoms with Crippen LogP contribution in [0.4, 0.5) is 0 Å². The first-order valence-electron chi connectivity index (χ1n) is 5.02. The second kappa shape index (κ2) is 3.50. The highest BCUT2D eigenvalue weighted by Gasteiger charge is 2.19. The molecule has 0 aromatic carbocycles. The average Bonchev–Trinajstić information content (AvgIpc) is 2.49. The van der Waals surface area contributed by atoms with Gasteiger partial charge in [0.05, 0.1) is 0 Å². The molecule has 1 aliphatic heterocycles. The number of aromatic nitrogens is 2. The molecule has 0 spiro atoms. The largest absolute Gasteiger partial charge is 0.332 e. The molecule has 72 valence electrons. The van der Waals surface area contributed by atoms with Crippen molar-refractivity contribution in [2.45, 2.75) is 32.7 Å². The smallest absolute Gasteiger partial charge is 0.108 e. The van der Waals surface area contributed by atoms with E-state index in [9.17, 15) is 0 Å². The van der Waals surface area contributed by atoms with E-state index in [1.807, 2.05) is 6.20 Å². The summed E-state index contributed by atoms with van der Waals surface area (Å²) < 4.78 is 2.34. The highest BCUT2D eigenvalue weighted by molar-refractivity contribution is 5.06. The van der Waals surface area contributed by atoms with Crippen molar-refractivity contribution in [1.82, 2.24) is 9.55 Å². The zero-order chi connectivity index (χ0) is 9.26. The van der Waals surface area contributed by atoms with Crippen molar-refractivity contribution in [3.05, 3.63) is 17.7 Å². The quantitative estimate of drug-likeness (QED) is 0.739. The monoisotopic (exact) mass is 179 g/mol. The minimum Gasteiger partial charge on any atom is -0.332 e. The Morgan fingerprint density at radius 3 is 3.31 bits per heavy atom. The van der Waals surface area contributed by atoms with Gasteiger partial charge in [-0.15, -0.1) is 0 Å². The van der Waals surface area contributed by atoms with E-state index in [2.05, 4.69) is 16.5 Å². The summed E-state index contributed by atoms with van der Waals surface area (Å²) in [6.45, 7) is 4.06. The number of hydrogen-bond donors (Lipinski definition) is 1. The van der Waals surface area contributed by atoms with Gasteiger partial charge in [0, 0.05) is 24.9 Å². The maximum atomic E-state index is 5.57. The van der Waals surface area contributed by atoms with E-state index in [0.717, 1.165) is 31.8 Å². The van der Waals surface area contributed by atoms with Crippen LogP contribution in [-0.4, -0.2) is 16.1 Å². The molecule has 0 fully saturated rings. The Labute approximate surface area is 79.0 Å². The van der Waals surface area contributed by atoms with Gasteiger partial charge >= 0.3 is 0 Å². The molecule has 1 aliphatic rings. The van der Waals surface area contributed by atoms with E-state index in [0.29, 0.717) is 0 Å². The van der Waals surface area contributed by atoms with Gasteiger partial charge in [-0.25, -0.2) is 4.98 Å². The summed E-state index contributed by atoms with van der Waals surface area (Å²) in [5.74, 6) is 2.02. The van der Waals surface area contributed by atoms with Crippen LogP contribution >= 0.6 is 0 Å². The van der Waals surface area contributed by atoms with Crippen molar-refractivity contribution in [1.29, 1.82) is 0 Å². The molecule has 3 heteroatoms. The summed E-state index contributed by atoms with van der Waals surface area (Å²) in [4.78, 5) is 4.38. The zero-order valence-corrected chi connectivity index (χ0v) is 8.16. The molecule has 2 N–H and O–H groups in total. The van der Waals surface area contributed by atoms with Crippen LogP contribution in [0.2, 0.25) is 0 Å². The molecule has 0 amide bonds. The second-order valence-corrected chi connectivity index (χ2v) is 3.91. The Morgan fingerprint density at radius 1 is 1.69 bits per heavy atom. The molecule has 2 rings (SSSR count). The van der Waals surface area contributed by atoms with E-state index in [-0.39, 0.29) is 0 Å². The van der Waals surface area contributed by atoms with Crippen LogP contribution in [0, 0.1) is 12.8 Å². The predicted molar refractivity (Wildman–Crippen MR) is 52.4 cm³/mol. The van der Waals surface area contributed by atoms with Gasteiger partial charge in [-0.05, 0) is 32.2 Å². The second-order valence-electron chi connectivity index (χ2n) is 3.91. The van der Waals surface area contributed by atoms with E-state index >= 15 is 0 Å². The first-order valence-corrected chi connectivity index (χ1v) is 5.02. The summed E-state index contributed by atoms with van der Waals surface area (Å²) in [5, 5.41) is 0. The Kier molecular flexibility index (Phi) is 2.36. The minimum absolute atomic E-state index is 0.769. The SMILES string of the molecule is Cc1cnc2n1CC(CCN)CC2. The minimum atomic E-state index is 0.769. The van der Waals surface area contributed by atoms with Crippen LogP contribution in [0.5, 0.6) is 0 Å². The van der Waals surface area contributed by atoms with Crippen LogP contribution in [0.1, 0.15) is 24.4 Å². The van der Waals surface area contributed by atoms with Gasteiger partial charge in [0.25, 0.3) is 0 Å². The summed E-state index contributed by atoms with van der Waals surface area (Å²) >= 11 is 0. The van der Waals surface area contributed by atoms with E-state index in [1.165, 1.54) is 17.9 Å². The van der Waals surface area contributed by atoms with Crippen molar-refractivity contribution in [2.75, 3.05) is 6.54 Å². The number of nitrogens with zero attached hydrogens (tertiary/aromatic N) is 2. The molecule has 0 aliphatic carbocycles. The Hall–Kier alpha value is -0.830. The highest BCUT2D eigenvalue weighted by atomic mass is 15.1. The molecule has 0 bridgehead atoms. The molecule has 0 saturated heterocycles. The van der Waals surface area contributed by atoms with Crippen LogP contribution < -0.4 is 5.73 Å². The zero-order valence-electron chi connectivity index (χ0n) is 8.16. The molecule has 1 atom stereocenters. The molecule has 2 heterocycles. The Balaban J connectivity index is 2.13. The number of hydrogen-bond acceptors (Lipinski definition) is 2. The van der Waals surface area contributed by atoms with Crippen molar-refractivity contribution in [3.8, 4) is 0 Å².